The van der Waals surface area contributed by atoms with Crippen molar-refractivity contribution < 1.29 is 22.8 Å². The molecule has 0 aromatic heterocycles. The Balaban J connectivity index is 2.79. The number of hydrogen-bond donors (Lipinski definition) is 3. The van der Waals surface area contributed by atoms with Crippen LogP contribution in [0.5, 0.6) is 0 Å². The van der Waals surface area contributed by atoms with Crippen molar-refractivity contribution in [3.8, 4) is 0 Å². The van der Waals surface area contributed by atoms with Crippen LogP contribution in [0.1, 0.15) is 20.3 Å². The van der Waals surface area contributed by atoms with Crippen LogP contribution in [0.3, 0.4) is 0 Å². The van der Waals surface area contributed by atoms with E-state index in [2.05, 4.69) is 10.6 Å². The van der Waals surface area contributed by atoms with Gasteiger partial charge in [-0.1, -0.05) is 0 Å². The van der Waals surface area contributed by atoms with Crippen molar-refractivity contribution in [3.63, 3.8) is 0 Å². The van der Waals surface area contributed by atoms with Gasteiger partial charge in [-0.2, -0.15) is 13.2 Å². The van der Waals surface area contributed by atoms with Crippen LogP contribution in [0, 0.1) is 10.8 Å². The van der Waals surface area contributed by atoms with Gasteiger partial charge < -0.3 is 16.4 Å². The van der Waals surface area contributed by atoms with Crippen LogP contribution < -0.4 is 16.4 Å². The minimum Gasteiger partial charge on any atom is -0.369 e. The highest BCUT2D eigenvalue weighted by molar-refractivity contribution is 5.86. The summed E-state index contributed by atoms with van der Waals surface area (Å²) in [6.45, 7) is 2.38. The Morgan fingerprint density at radius 3 is 2.32 bits per heavy atom. The van der Waals surface area contributed by atoms with Crippen LogP contribution >= 0.6 is 0 Å². The third-order valence-electron chi connectivity index (χ3n) is 3.49. The third-order valence-corrected chi connectivity index (χ3v) is 3.49. The summed E-state index contributed by atoms with van der Waals surface area (Å²) in [4.78, 5) is 22.9. The van der Waals surface area contributed by atoms with E-state index in [1.165, 1.54) is 13.8 Å². The molecule has 0 bridgehead atoms. The Bertz CT molecular complexity index is 374. The van der Waals surface area contributed by atoms with Crippen molar-refractivity contribution in [2.75, 3.05) is 19.6 Å². The highest BCUT2D eigenvalue weighted by atomic mass is 19.4. The summed E-state index contributed by atoms with van der Waals surface area (Å²) < 4.78 is 39.2. The van der Waals surface area contributed by atoms with Crippen molar-refractivity contribution >= 4 is 11.8 Å². The van der Waals surface area contributed by atoms with Crippen molar-refractivity contribution in [1.29, 1.82) is 0 Å². The zero-order valence-corrected chi connectivity index (χ0v) is 10.9. The van der Waals surface area contributed by atoms with E-state index < -0.39 is 35.4 Å². The first kappa shape index (κ1) is 15.7. The molecule has 1 aliphatic heterocycles. The summed E-state index contributed by atoms with van der Waals surface area (Å²) in [6, 6.07) is 0. The van der Waals surface area contributed by atoms with Crippen molar-refractivity contribution in [1.82, 2.24) is 10.6 Å². The molecule has 0 radical (unpaired) electrons. The first-order valence-electron chi connectivity index (χ1n) is 5.89. The number of amides is 2. The van der Waals surface area contributed by atoms with E-state index in [0.29, 0.717) is 0 Å². The first-order valence-corrected chi connectivity index (χ1v) is 5.89. The van der Waals surface area contributed by atoms with Crippen LogP contribution in [0.15, 0.2) is 0 Å². The fourth-order valence-corrected chi connectivity index (χ4v) is 1.81. The molecule has 1 unspecified atom stereocenters. The average Bonchev–Trinajstić information content (AvgIpc) is 2.75. The SMILES string of the molecule is CC(C)(CNC(=O)C1(C(F)(F)F)CCNC1)C(N)=O. The quantitative estimate of drug-likeness (QED) is 0.686. The summed E-state index contributed by atoms with van der Waals surface area (Å²) in [5, 5.41) is 4.74. The van der Waals surface area contributed by atoms with Crippen LogP contribution in [0.25, 0.3) is 0 Å². The van der Waals surface area contributed by atoms with E-state index in [4.69, 9.17) is 5.73 Å². The molecule has 2 amide bonds. The lowest BCUT2D eigenvalue weighted by molar-refractivity contribution is -0.216. The standard InChI is InChI=1S/C11H18F3N3O2/c1-9(2,7(15)18)5-17-8(19)10(11(12,13)14)3-4-16-6-10/h16H,3-6H2,1-2H3,(H2,15,18)(H,17,19). The molecule has 1 atom stereocenters. The van der Waals surface area contributed by atoms with Gasteiger partial charge in [-0.3, -0.25) is 9.59 Å². The fraction of sp³-hybridized carbons (Fsp3) is 0.818. The number of halogens is 3. The summed E-state index contributed by atoms with van der Waals surface area (Å²) in [7, 11) is 0. The molecule has 110 valence electrons. The Hall–Kier alpha value is -1.31. The van der Waals surface area contributed by atoms with E-state index in [-0.39, 0.29) is 19.5 Å². The molecular formula is C11H18F3N3O2. The molecular weight excluding hydrogens is 263 g/mol. The minimum absolute atomic E-state index is 0.131. The highest BCUT2D eigenvalue weighted by Crippen LogP contribution is 2.43. The summed E-state index contributed by atoms with van der Waals surface area (Å²) in [5.41, 5.74) is 1.60. The molecule has 1 fully saturated rings. The number of primary amides is 1. The van der Waals surface area contributed by atoms with E-state index in [9.17, 15) is 22.8 Å². The number of hydrogen-bond acceptors (Lipinski definition) is 3. The summed E-state index contributed by atoms with van der Waals surface area (Å²) >= 11 is 0. The molecule has 19 heavy (non-hydrogen) atoms. The topological polar surface area (TPSA) is 84.2 Å². The van der Waals surface area contributed by atoms with Gasteiger partial charge >= 0.3 is 6.18 Å². The molecule has 1 saturated heterocycles. The monoisotopic (exact) mass is 281 g/mol. The van der Waals surface area contributed by atoms with E-state index in [1.807, 2.05) is 0 Å². The molecule has 0 spiro atoms. The highest BCUT2D eigenvalue weighted by Gasteiger charge is 2.61. The number of rotatable bonds is 4. The average molecular weight is 281 g/mol. The lowest BCUT2D eigenvalue weighted by Gasteiger charge is -2.31. The molecule has 5 nitrogen and oxygen atoms in total. The number of nitrogens with one attached hydrogen (secondary N) is 2. The fourth-order valence-electron chi connectivity index (χ4n) is 1.81. The Kier molecular flexibility index (Phi) is 4.14. The second-order valence-electron chi connectivity index (χ2n) is 5.44. The molecule has 1 rings (SSSR count). The molecule has 1 aliphatic rings. The number of alkyl halides is 3. The smallest absolute Gasteiger partial charge is 0.369 e. The van der Waals surface area contributed by atoms with Gasteiger partial charge in [0.2, 0.25) is 11.8 Å². The second-order valence-corrected chi connectivity index (χ2v) is 5.44. The largest absolute Gasteiger partial charge is 0.404 e. The molecule has 0 aromatic carbocycles. The zero-order chi connectivity index (χ0) is 14.9. The number of carbonyl (C=O) groups excluding carboxylic acids is 2. The molecule has 8 heteroatoms. The van der Waals surface area contributed by atoms with Gasteiger partial charge in [0.25, 0.3) is 0 Å². The molecule has 4 N–H and O–H groups in total. The summed E-state index contributed by atoms with van der Waals surface area (Å²) in [5.74, 6) is -1.79. The second kappa shape index (κ2) is 4.99. The van der Waals surface area contributed by atoms with Crippen molar-refractivity contribution in [2.24, 2.45) is 16.6 Å². The van der Waals surface area contributed by atoms with Crippen molar-refractivity contribution in [2.45, 2.75) is 26.4 Å². The maximum absolute atomic E-state index is 13.1. The Morgan fingerprint density at radius 2 is 1.95 bits per heavy atom. The maximum atomic E-state index is 13.1. The van der Waals surface area contributed by atoms with Gasteiger partial charge in [-0.05, 0) is 26.8 Å². The predicted octanol–water partition coefficient (Wildman–Crippen LogP) is 0.156. The third kappa shape index (κ3) is 2.99. The van der Waals surface area contributed by atoms with Gasteiger partial charge in [-0.15, -0.1) is 0 Å². The normalized spacial score (nSPS) is 24.3. The van der Waals surface area contributed by atoms with E-state index in [0.717, 1.165) is 0 Å². The first-order chi connectivity index (χ1) is 8.53. The van der Waals surface area contributed by atoms with Crippen LogP contribution in [0.2, 0.25) is 0 Å². The maximum Gasteiger partial charge on any atom is 0.404 e. The van der Waals surface area contributed by atoms with Gasteiger partial charge in [0.1, 0.15) is 0 Å². The minimum atomic E-state index is -4.63. The van der Waals surface area contributed by atoms with Crippen LogP contribution in [-0.4, -0.2) is 37.6 Å². The zero-order valence-electron chi connectivity index (χ0n) is 10.9. The van der Waals surface area contributed by atoms with Crippen LogP contribution in [0.4, 0.5) is 13.2 Å². The molecule has 0 aliphatic carbocycles. The van der Waals surface area contributed by atoms with Gasteiger partial charge in [0.15, 0.2) is 5.41 Å². The van der Waals surface area contributed by atoms with E-state index >= 15 is 0 Å². The van der Waals surface area contributed by atoms with Gasteiger partial charge in [0.05, 0.1) is 5.41 Å². The lowest BCUT2D eigenvalue weighted by Crippen LogP contribution is -2.54. The molecule has 1 heterocycles. The Labute approximate surface area is 109 Å². The van der Waals surface area contributed by atoms with Crippen molar-refractivity contribution in [3.05, 3.63) is 0 Å². The number of nitrogens with two attached hydrogens (primary N) is 1. The Morgan fingerprint density at radius 1 is 1.37 bits per heavy atom. The predicted molar refractivity (Wildman–Crippen MR) is 62.0 cm³/mol. The molecule has 0 aromatic rings. The van der Waals surface area contributed by atoms with E-state index in [1.54, 1.807) is 0 Å². The summed E-state index contributed by atoms with van der Waals surface area (Å²) in [6.07, 6.45) is -4.93. The van der Waals surface area contributed by atoms with Gasteiger partial charge in [0, 0.05) is 13.1 Å². The van der Waals surface area contributed by atoms with Crippen LogP contribution in [-0.2, 0) is 9.59 Å². The number of carbonyl (C=O) groups is 2. The van der Waals surface area contributed by atoms with Gasteiger partial charge in [-0.25, -0.2) is 0 Å². The lowest BCUT2D eigenvalue weighted by atomic mass is 9.84. The molecule has 0 saturated carbocycles.